The van der Waals surface area contributed by atoms with Crippen molar-refractivity contribution in [3.8, 4) is 0 Å². The first-order valence-electron chi connectivity index (χ1n) is 4.25. The van der Waals surface area contributed by atoms with Crippen molar-refractivity contribution >= 4 is 21.7 Å². The summed E-state index contributed by atoms with van der Waals surface area (Å²) < 4.78 is 0. The van der Waals surface area contributed by atoms with Crippen molar-refractivity contribution in [2.24, 2.45) is 0 Å². The first-order valence-corrected chi connectivity index (χ1v) is 4.25. The van der Waals surface area contributed by atoms with Gasteiger partial charge in [-0.05, 0) is 12.1 Å². The molecule has 13 heavy (non-hydrogen) atoms. The molecule has 0 saturated heterocycles. The smallest absolute Gasteiger partial charge is 0.0534 e. The third-order valence-electron chi connectivity index (χ3n) is 2.34. The van der Waals surface area contributed by atoms with Crippen molar-refractivity contribution in [3.63, 3.8) is 0 Å². The predicted molar refractivity (Wildman–Crippen MR) is 53.6 cm³/mol. The molecule has 2 heteroatoms. The summed E-state index contributed by atoms with van der Waals surface area (Å²) in [5, 5.41) is 3.66. The number of aromatic nitrogens is 2. The molecule has 0 atom stereocenters. The van der Waals surface area contributed by atoms with Crippen LogP contribution in [0.2, 0.25) is 0 Å². The van der Waals surface area contributed by atoms with Crippen LogP contribution in [0.15, 0.2) is 42.9 Å². The summed E-state index contributed by atoms with van der Waals surface area (Å²) in [4.78, 5) is 7.32. The fourth-order valence-corrected chi connectivity index (χ4v) is 1.70. The number of hydrogen-bond acceptors (Lipinski definition) is 1. The monoisotopic (exact) mass is 168 g/mol. The van der Waals surface area contributed by atoms with E-state index < -0.39 is 0 Å². The third kappa shape index (κ3) is 0.855. The number of pyridine rings is 1. The molecule has 0 saturated carbocycles. The van der Waals surface area contributed by atoms with Crippen molar-refractivity contribution in [2.45, 2.75) is 0 Å². The van der Waals surface area contributed by atoms with E-state index in [1.807, 2.05) is 24.7 Å². The molecule has 2 nitrogen and oxygen atoms in total. The van der Waals surface area contributed by atoms with Crippen LogP contribution in [0.5, 0.6) is 0 Å². The lowest BCUT2D eigenvalue weighted by Gasteiger charge is -1.97. The maximum atomic E-state index is 4.09. The average molecular weight is 168 g/mol. The molecule has 0 aliphatic heterocycles. The van der Waals surface area contributed by atoms with Crippen molar-refractivity contribution in [1.82, 2.24) is 9.97 Å². The van der Waals surface area contributed by atoms with Crippen LogP contribution < -0.4 is 0 Å². The Bertz CT molecular complexity index is 566. The standard InChI is InChI=1S/C11H8N2/c1-2-9-7-12-5-4-10(9)11-8(1)3-6-13-11/h1-7,13H. The highest BCUT2D eigenvalue weighted by atomic mass is 14.7. The molecule has 0 fully saturated rings. The molecule has 0 aliphatic rings. The zero-order chi connectivity index (χ0) is 8.67. The van der Waals surface area contributed by atoms with Gasteiger partial charge in [-0.15, -0.1) is 0 Å². The van der Waals surface area contributed by atoms with Gasteiger partial charge in [-0.25, -0.2) is 0 Å². The second-order valence-electron chi connectivity index (χ2n) is 3.10. The van der Waals surface area contributed by atoms with Crippen LogP contribution in [0.1, 0.15) is 0 Å². The van der Waals surface area contributed by atoms with Gasteiger partial charge in [-0.3, -0.25) is 4.98 Å². The molecule has 3 rings (SSSR count). The van der Waals surface area contributed by atoms with E-state index in [2.05, 4.69) is 28.2 Å². The van der Waals surface area contributed by atoms with Gasteiger partial charge in [0.1, 0.15) is 0 Å². The second kappa shape index (κ2) is 2.33. The minimum atomic E-state index is 1.18. The predicted octanol–water partition coefficient (Wildman–Crippen LogP) is 2.72. The number of nitrogens with zero attached hydrogens (tertiary/aromatic N) is 1. The van der Waals surface area contributed by atoms with Crippen LogP contribution in [-0.4, -0.2) is 9.97 Å². The van der Waals surface area contributed by atoms with Crippen LogP contribution >= 0.6 is 0 Å². The lowest BCUT2D eigenvalue weighted by molar-refractivity contribution is 1.36. The third-order valence-corrected chi connectivity index (χ3v) is 2.34. The topological polar surface area (TPSA) is 28.7 Å². The summed E-state index contributed by atoms with van der Waals surface area (Å²) in [7, 11) is 0. The highest BCUT2D eigenvalue weighted by Crippen LogP contribution is 2.22. The van der Waals surface area contributed by atoms with Gasteiger partial charge in [-0.1, -0.05) is 12.1 Å². The number of rotatable bonds is 0. The van der Waals surface area contributed by atoms with Gasteiger partial charge in [0.15, 0.2) is 0 Å². The maximum absolute atomic E-state index is 4.09. The molecule has 62 valence electrons. The Morgan fingerprint density at radius 3 is 2.92 bits per heavy atom. The molecule has 0 aliphatic carbocycles. The molecule has 0 unspecified atom stereocenters. The van der Waals surface area contributed by atoms with Gasteiger partial charge in [0, 0.05) is 34.7 Å². The lowest BCUT2D eigenvalue weighted by Crippen LogP contribution is -1.76. The Morgan fingerprint density at radius 1 is 1.00 bits per heavy atom. The molecule has 0 radical (unpaired) electrons. The van der Waals surface area contributed by atoms with Gasteiger partial charge < -0.3 is 4.98 Å². The summed E-state index contributed by atoms with van der Waals surface area (Å²) in [5.41, 5.74) is 1.19. The normalized spacial score (nSPS) is 11.1. The van der Waals surface area contributed by atoms with Crippen LogP contribution in [0.4, 0.5) is 0 Å². The number of aromatic amines is 1. The van der Waals surface area contributed by atoms with Crippen molar-refractivity contribution in [1.29, 1.82) is 0 Å². The summed E-state index contributed by atoms with van der Waals surface area (Å²) in [5.74, 6) is 0. The molecule has 1 N–H and O–H groups in total. The molecule has 0 spiro atoms. The molecule has 0 amide bonds. The van der Waals surface area contributed by atoms with E-state index in [9.17, 15) is 0 Å². The Balaban J connectivity index is 2.65. The van der Waals surface area contributed by atoms with E-state index in [1.54, 1.807) is 0 Å². The van der Waals surface area contributed by atoms with Gasteiger partial charge in [-0.2, -0.15) is 0 Å². The van der Waals surface area contributed by atoms with Crippen LogP contribution in [0.25, 0.3) is 21.7 Å². The summed E-state index contributed by atoms with van der Waals surface area (Å²) >= 11 is 0. The van der Waals surface area contributed by atoms with Crippen molar-refractivity contribution in [3.05, 3.63) is 42.9 Å². The first kappa shape index (κ1) is 6.66. The Kier molecular flexibility index (Phi) is 1.19. The second-order valence-corrected chi connectivity index (χ2v) is 3.10. The highest BCUT2D eigenvalue weighted by molar-refractivity contribution is 6.04. The summed E-state index contributed by atoms with van der Waals surface area (Å²) in [6, 6.07) is 8.32. The number of benzene rings is 1. The Labute approximate surface area is 75.2 Å². The molecule has 1 aromatic carbocycles. The lowest BCUT2D eigenvalue weighted by atomic mass is 10.1. The van der Waals surface area contributed by atoms with Crippen LogP contribution in [0, 0.1) is 0 Å². The van der Waals surface area contributed by atoms with E-state index in [-0.39, 0.29) is 0 Å². The zero-order valence-corrected chi connectivity index (χ0v) is 6.99. The molecule has 0 bridgehead atoms. The summed E-state index contributed by atoms with van der Waals surface area (Å²) in [6.45, 7) is 0. The van der Waals surface area contributed by atoms with E-state index in [1.165, 1.54) is 21.7 Å². The fourth-order valence-electron chi connectivity index (χ4n) is 1.70. The van der Waals surface area contributed by atoms with Gasteiger partial charge >= 0.3 is 0 Å². The van der Waals surface area contributed by atoms with E-state index >= 15 is 0 Å². The largest absolute Gasteiger partial charge is 0.361 e. The van der Waals surface area contributed by atoms with Crippen molar-refractivity contribution < 1.29 is 0 Å². The number of nitrogens with one attached hydrogen (secondary N) is 1. The molecule has 2 aromatic heterocycles. The fraction of sp³-hybridized carbons (Fsp3) is 0. The highest BCUT2D eigenvalue weighted by Gasteiger charge is 1.99. The SMILES string of the molecule is c1cc2c(ccc3cc[nH]c32)cn1. The molecular weight excluding hydrogens is 160 g/mol. The average Bonchev–Trinajstić information content (AvgIpc) is 2.65. The minimum absolute atomic E-state index is 1.18. The number of fused-ring (bicyclic) bond motifs is 3. The van der Waals surface area contributed by atoms with Gasteiger partial charge in [0.05, 0.1) is 5.52 Å². The Morgan fingerprint density at radius 2 is 1.92 bits per heavy atom. The molecular formula is C11H8N2. The molecule has 2 heterocycles. The van der Waals surface area contributed by atoms with E-state index in [4.69, 9.17) is 0 Å². The van der Waals surface area contributed by atoms with Crippen molar-refractivity contribution in [2.75, 3.05) is 0 Å². The van der Waals surface area contributed by atoms with E-state index in [0.717, 1.165) is 0 Å². The van der Waals surface area contributed by atoms with Crippen LogP contribution in [-0.2, 0) is 0 Å². The number of H-pyrrole nitrogens is 1. The number of hydrogen-bond donors (Lipinski definition) is 1. The summed E-state index contributed by atoms with van der Waals surface area (Å²) in [6.07, 6.45) is 5.67. The van der Waals surface area contributed by atoms with E-state index in [0.29, 0.717) is 0 Å². The maximum Gasteiger partial charge on any atom is 0.0534 e. The zero-order valence-electron chi connectivity index (χ0n) is 6.99. The minimum Gasteiger partial charge on any atom is -0.361 e. The molecule has 3 aromatic rings. The van der Waals surface area contributed by atoms with Crippen LogP contribution in [0.3, 0.4) is 0 Å². The Hall–Kier alpha value is -1.83. The van der Waals surface area contributed by atoms with Gasteiger partial charge in [0.2, 0.25) is 0 Å². The van der Waals surface area contributed by atoms with Gasteiger partial charge in [0.25, 0.3) is 0 Å². The quantitative estimate of drug-likeness (QED) is 0.549. The first-order chi connectivity index (χ1) is 6.45.